The molecule has 5 N–H and O–H groups in total. The van der Waals surface area contributed by atoms with Crippen molar-refractivity contribution in [3.63, 3.8) is 0 Å². The number of halogens is 1. The SMILES string of the molecule is CN(CCCCCCc1nc2c(c(=O)n(C)c(=O)n2C)n1C)C(=N)N=C(N)N.Cl.Cn1c(=O)c2c(nc(CCCCCCCC3CCc4ccccc43)n2C)n(C)c1=O.Cn1c(=O)c2c(nc(CCCCCCN3CCCC3c3cccnc3)n2C)n(C)c1=O.Cn1c(=O)c2c(nc(CCCCCCc3nc4c(c(=O)n(C)c(=O)n4C)n3C)n2C)n(C)c1=O. The van der Waals surface area contributed by atoms with Gasteiger partial charge >= 0.3 is 28.4 Å². The molecule has 1 aliphatic carbocycles. The normalized spacial score (nSPS) is 13.8. The van der Waals surface area contributed by atoms with Crippen LogP contribution in [-0.2, 0) is 144 Å². The number of aromatic nitrogens is 21. The molecule has 38 heteroatoms. The Bertz CT molecular complexity index is 6430. The number of unbranched alkanes of at least 4 members (excludes halogenated alkanes) is 13. The lowest BCUT2D eigenvalue weighted by atomic mass is 9.94. The van der Waals surface area contributed by atoms with Gasteiger partial charge in [-0.05, 0) is 119 Å². The minimum absolute atomic E-state index is 0. The molecule has 0 saturated carbocycles. The van der Waals surface area contributed by atoms with Gasteiger partial charge < -0.3 is 39.2 Å². The van der Waals surface area contributed by atoms with Gasteiger partial charge in [0, 0.05) is 170 Å². The molecular weight excluding hydrogens is 1610 g/mol. The van der Waals surface area contributed by atoms with Crippen molar-refractivity contribution in [3.05, 3.63) is 199 Å². The van der Waals surface area contributed by atoms with E-state index in [0.29, 0.717) is 81.2 Å². The third kappa shape index (κ3) is 20.1. The number of hydrogen-bond donors (Lipinski definition) is 3. The molecule has 0 radical (unpaired) electrons. The van der Waals surface area contributed by atoms with Crippen LogP contribution in [0.2, 0.25) is 0 Å². The Morgan fingerprint density at radius 2 is 0.742 bits per heavy atom. The van der Waals surface area contributed by atoms with Crippen LogP contribution in [0.15, 0.2) is 102 Å². The lowest BCUT2D eigenvalue weighted by Crippen LogP contribution is -2.37. The van der Waals surface area contributed by atoms with Gasteiger partial charge in [0.05, 0.1) is 0 Å². The third-order valence-electron chi connectivity index (χ3n) is 24.9. The number of likely N-dealkylation sites (tertiary alicyclic amines) is 1. The van der Waals surface area contributed by atoms with Gasteiger partial charge in [0.15, 0.2) is 61.8 Å². The lowest BCUT2D eigenvalue weighted by Gasteiger charge is -2.24. The van der Waals surface area contributed by atoms with Crippen molar-refractivity contribution < 1.29 is 0 Å². The van der Waals surface area contributed by atoms with Crippen molar-refractivity contribution >= 4 is 80.1 Å². The molecule has 2 atom stereocenters. The smallest absolute Gasteiger partial charge is 0.332 e. The Labute approximate surface area is 723 Å². The van der Waals surface area contributed by atoms with Crippen LogP contribution < -0.4 is 67.7 Å². The summed E-state index contributed by atoms with van der Waals surface area (Å²) in [4.78, 5) is 158. The minimum Gasteiger partial charge on any atom is -0.370 e. The van der Waals surface area contributed by atoms with Crippen molar-refractivity contribution in [2.45, 2.75) is 185 Å². The topological polar surface area (TPSA) is 417 Å². The van der Waals surface area contributed by atoms with Gasteiger partial charge in [-0.15, -0.1) is 12.4 Å². The summed E-state index contributed by atoms with van der Waals surface area (Å²) in [6.07, 6.45) is 32.0. The van der Waals surface area contributed by atoms with Gasteiger partial charge in [-0.3, -0.25) is 84.9 Å². The van der Waals surface area contributed by atoms with E-state index in [1.54, 1.807) is 93.2 Å². The molecule has 1 saturated heterocycles. The van der Waals surface area contributed by atoms with Crippen LogP contribution in [-0.4, -0.2) is 147 Å². The van der Waals surface area contributed by atoms with Crippen LogP contribution in [0.4, 0.5) is 0 Å². The predicted molar refractivity (Wildman–Crippen MR) is 486 cm³/mol. The monoisotopic (exact) mass is 1730 g/mol. The molecule has 12 aromatic rings. The summed E-state index contributed by atoms with van der Waals surface area (Å²) in [6.45, 7) is 3.00. The maximum absolute atomic E-state index is 12.5. The molecule has 2 aliphatic rings. The van der Waals surface area contributed by atoms with E-state index in [2.05, 4.69) is 70.1 Å². The quantitative estimate of drug-likeness (QED) is 0.0298. The summed E-state index contributed by atoms with van der Waals surface area (Å²) in [6, 6.07) is 13.7. The van der Waals surface area contributed by atoms with Crippen molar-refractivity contribution in [2.24, 2.45) is 122 Å². The number of guanidine groups is 2. The van der Waals surface area contributed by atoms with E-state index in [4.69, 9.17) is 16.9 Å². The highest BCUT2D eigenvalue weighted by molar-refractivity contribution is 5.91. The first-order valence-corrected chi connectivity index (χ1v) is 42.9. The van der Waals surface area contributed by atoms with Crippen LogP contribution in [0, 0.1) is 5.41 Å². The first-order valence-electron chi connectivity index (χ1n) is 42.9. The van der Waals surface area contributed by atoms with Gasteiger partial charge in [0.1, 0.15) is 29.1 Å². The molecule has 670 valence electrons. The van der Waals surface area contributed by atoms with Crippen LogP contribution in [0.1, 0.15) is 193 Å². The molecule has 1 fully saturated rings. The Hall–Kier alpha value is -11.9. The average molecular weight is 1730 g/mol. The molecule has 0 spiro atoms. The number of pyridine rings is 1. The molecule has 14 rings (SSSR count). The second kappa shape index (κ2) is 41.5. The van der Waals surface area contributed by atoms with Crippen LogP contribution in [0.3, 0.4) is 0 Å². The fraction of sp³-hybridized carbons (Fsp3) is 0.558. The number of fused-ring (bicyclic) bond motifs is 6. The van der Waals surface area contributed by atoms with Crippen molar-refractivity contribution in [1.29, 1.82) is 5.41 Å². The fourth-order valence-electron chi connectivity index (χ4n) is 17.3. The third-order valence-corrected chi connectivity index (χ3v) is 24.9. The van der Waals surface area contributed by atoms with E-state index in [9.17, 15) is 47.9 Å². The Morgan fingerprint density at radius 3 is 1.09 bits per heavy atom. The highest BCUT2D eigenvalue weighted by Crippen LogP contribution is 2.37. The summed E-state index contributed by atoms with van der Waals surface area (Å²) in [5.41, 5.74) is 16.1. The number of nitrogens with zero attached hydrogens (tertiary/aromatic N) is 24. The summed E-state index contributed by atoms with van der Waals surface area (Å²) >= 11 is 0. The number of nitrogens with one attached hydrogen (secondary N) is 1. The van der Waals surface area contributed by atoms with Crippen LogP contribution >= 0.6 is 12.4 Å². The lowest BCUT2D eigenvalue weighted by molar-refractivity contribution is 0.250. The summed E-state index contributed by atoms with van der Waals surface area (Å²) in [5, 5.41) is 7.71. The van der Waals surface area contributed by atoms with Crippen molar-refractivity contribution in [2.75, 3.05) is 26.7 Å². The zero-order chi connectivity index (χ0) is 89.1. The standard InChI is InChI=1S/C24H32N4O2.C23H32N6O2.C22H30N8O4.C17H29N9O2.ClH/c1-26-20(25-22-21(26)23(29)28(3)24(30)27(22)2)14-8-6-4-5-7-11-17-15-16-18-12-9-10-13-19(17)18;1-26-19(25-21-20(26)22(30)28(3)23(31)27(21)2)12-6-4-5-7-14-29-15-9-11-18(29)17-10-8-13-24-16-17;1-25-13(23-17-15(25)19(31)29(5)21(33)27(17)3)11-9-7-8-10-12-14-24-18-16(26(14)2)20(32)30(6)22(34)28(18)4;1-23(16(20)22-15(18)19)10-8-6-5-7-9-11-21-13-12(24(11)2)14(27)26(4)17(28)25(13)3;/h9-10,12-13,17H,4-8,11,14-16H2,1-3H3;8,10,13,16,18H,4-7,9,11-12,14-15H2,1-3H3;7-12H2,1-6H3;5-10H2,1-4H3,(H5,18,19,20,22);1H. The number of aryl methyl sites for hydroxylation is 16. The van der Waals surface area contributed by atoms with Crippen LogP contribution in [0.5, 0.6) is 0 Å². The van der Waals surface area contributed by atoms with Gasteiger partial charge in [0.25, 0.3) is 27.8 Å². The number of nitrogens with two attached hydrogens (primary N) is 2. The van der Waals surface area contributed by atoms with E-state index in [-0.39, 0.29) is 80.6 Å². The second-order valence-corrected chi connectivity index (χ2v) is 33.1. The second-order valence-electron chi connectivity index (χ2n) is 33.1. The first kappa shape index (κ1) is 94.4. The fourth-order valence-corrected chi connectivity index (χ4v) is 17.3. The Morgan fingerprint density at radius 1 is 0.411 bits per heavy atom. The molecule has 37 nitrogen and oxygen atoms in total. The number of hydrogen-bond acceptors (Lipinski definition) is 18. The molecule has 11 aromatic heterocycles. The number of rotatable bonds is 30. The molecular formula is C86H124ClN27O10. The number of imidazole rings is 5. The van der Waals surface area contributed by atoms with E-state index < -0.39 is 0 Å². The van der Waals surface area contributed by atoms with Gasteiger partial charge in [0.2, 0.25) is 5.96 Å². The van der Waals surface area contributed by atoms with Crippen molar-refractivity contribution in [1.82, 2.24) is 108 Å². The Balaban J connectivity index is 0.000000173. The minimum atomic E-state index is -0.387. The number of benzene rings is 1. The first-order chi connectivity index (χ1) is 58.7. The van der Waals surface area contributed by atoms with Gasteiger partial charge in [-0.1, -0.05) is 94.5 Å². The Kier molecular flexibility index (Phi) is 31.6. The molecule has 2 unspecified atom stereocenters. The zero-order valence-corrected chi connectivity index (χ0v) is 75.7. The van der Waals surface area contributed by atoms with E-state index in [1.807, 2.05) is 41.7 Å². The maximum atomic E-state index is 12.5. The van der Waals surface area contributed by atoms with E-state index in [0.717, 1.165) is 154 Å². The number of aliphatic imine (C=N–C) groups is 1. The van der Waals surface area contributed by atoms with Crippen LogP contribution in [0.25, 0.3) is 55.8 Å². The van der Waals surface area contributed by atoms with Crippen molar-refractivity contribution in [3.8, 4) is 0 Å². The van der Waals surface area contributed by atoms with Gasteiger partial charge in [-0.2, -0.15) is 4.99 Å². The molecule has 1 aromatic carbocycles. The average Bonchev–Trinajstić information content (AvgIpc) is 1.62. The molecule has 124 heavy (non-hydrogen) atoms. The molecule has 12 heterocycles. The predicted octanol–water partition coefficient (Wildman–Crippen LogP) is 5.13. The highest BCUT2D eigenvalue weighted by Gasteiger charge is 2.28. The summed E-state index contributed by atoms with van der Waals surface area (Å²) in [7, 11) is 26.6. The highest BCUT2D eigenvalue weighted by atomic mass is 35.5. The largest absolute Gasteiger partial charge is 0.370 e. The molecule has 0 bridgehead atoms. The molecule has 1 aliphatic heterocycles. The van der Waals surface area contributed by atoms with E-state index >= 15 is 0 Å². The summed E-state index contributed by atoms with van der Waals surface area (Å²) in [5.74, 6) is 4.78. The van der Waals surface area contributed by atoms with E-state index in [1.165, 1.54) is 141 Å². The maximum Gasteiger partial charge on any atom is 0.332 e. The molecule has 0 amide bonds. The summed E-state index contributed by atoms with van der Waals surface area (Å²) < 4.78 is 21.8. The zero-order valence-electron chi connectivity index (χ0n) is 74.9. The van der Waals surface area contributed by atoms with Gasteiger partial charge in [-0.25, -0.2) is 48.9 Å².